The van der Waals surface area contributed by atoms with Crippen molar-refractivity contribution in [1.82, 2.24) is 4.98 Å². The largest absolute Gasteiger partial charge is 0.497 e. The van der Waals surface area contributed by atoms with Gasteiger partial charge < -0.3 is 18.8 Å². The molecule has 1 amide bonds. The Morgan fingerprint density at radius 1 is 1.33 bits per heavy atom. The van der Waals surface area contributed by atoms with Crippen molar-refractivity contribution in [2.75, 3.05) is 51.4 Å². The minimum absolute atomic E-state index is 0.168. The number of quaternary nitrogens is 1. The Labute approximate surface area is 161 Å². The van der Waals surface area contributed by atoms with Crippen molar-refractivity contribution in [2.45, 2.75) is 0 Å². The Balaban J connectivity index is 1.61. The first-order valence-corrected chi connectivity index (χ1v) is 9.77. The van der Waals surface area contributed by atoms with Crippen LogP contribution in [0.1, 0.15) is 10.6 Å². The number of furan rings is 1. The average molecular weight is 388 g/mol. The maximum absolute atomic E-state index is 13.0. The second-order valence-electron chi connectivity index (χ2n) is 6.38. The number of fused-ring (bicyclic) bond motifs is 1. The van der Waals surface area contributed by atoms with Crippen LogP contribution in [0.15, 0.2) is 41.0 Å². The predicted octanol–water partition coefficient (Wildman–Crippen LogP) is 1.46. The summed E-state index contributed by atoms with van der Waals surface area (Å²) in [6, 6.07) is 9.15. The first-order valence-electron chi connectivity index (χ1n) is 8.96. The molecule has 1 aliphatic rings. The number of anilines is 1. The van der Waals surface area contributed by atoms with Crippen LogP contribution in [-0.4, -0.2) is 57.4 Å². The van der Waals surface area contributed by atoms with E-state index in [2.05, 4.69) is 4.98 Å². The van der Waals surface area contributed by atoms with Gasteiger partial charge in [-0.1, -0.05) is 11.3 Å². The van der Waals surface area contributed by atoms with E-state index in [1.807, 2.05) is 18.2 Å². The Morgan fingerprint density at radius 3 is 2.93 bits per heavy atom. The Kier molecular flexibility index (Phi) is 5.38. The van der Waals surface area contributed by atoms with Gasteiger partial charge in [-0.2, -0.15) is 0 Å². The third-order valence-electron chi connectivity index (χ3n) is 4.68. The number of rotatable bonds is 6. The number of hydrogen-bond donors (Lipinski definition) is 1. The summed E-state index contributed by atoms with van der Waals surface area (Å²) in [5, 5.41) is 0.673. The van der Waals surface area contributed by atoms with Crippen molar-refractivity contribution in [3.05, 3.63) is 42.4 Å². The van der Waals surface area contributed by atoms with Crippen LogP contribution in [0.5, 0.6) is 5.75 Å². The standard InChI is InChI=1S/C19H21N3O4S/c1-24-14-4-5-15-17(13-14)27-19(20-15)22(18(23)16-3-2-10-26-16)7-6-21-8-11-25-12-9-21/h2-5,10,13H,6-9,11-12H2,1H3/p+1. The Hall–Kier alpha value is -2.42. The van der Waals surface area contributed by atoms with Crippen LogP contribution < -0.4 is 14.5 Å². The summed E-state index contributed by atoms with van der Waals surface area (Å²) in [4.78, 5) is 20.8. The number of aromatic nitrogens is 1. The highest BCUT2D eigenvalue weighted by Gasteiger charge is 2.25. The molecule has 2 aromatic heterocycles. The highest BCUT2D eigenvalue weighted by atomic mass is 32.1. The summed E-state index contributed by atoms with van der Waals surface area (Å²) in [5.41, 5.74) is 0.853. The van der Waals surface area contributed by atoms with Crippen LogP contribution in [0, 0.1) is 0 Å². The summed E-state index contributed by atoms with van der Waals surface area (Å²) < 4.78 is 17.0. The molecule has 0 unspecified atom stereocenters. The van der Waals surface area contributed by atoms with E-state index in [9.17, 15) is 4.79 Å². The number of benzene rings is 1. The van der Waals surface area contributed by atoms with Crippen molar-refractivity contribution < 1.29 is 23.6 Å². The molecule has 1 fully saturated rings. The molecule has 1 saturated heterocycles. The predicted molar refractivity (Wildman–Crippen MR) is 103 cm³/mol. The average Bonchev–Trinajstić information content (AvgIpc) is 3.38. The lowest BCUT2D eigenvalue weighted by molar-refractivity contribution is -0.906. The topological polar surface area (TPSA) is 69.2 Å². The number of methoxy groups -OCH3 is 1. The van der Waals surface area contributed by atoms with Gasteiger partial charge in [0.1, 0.15) is 18.8 Å². The highest BCUT2D eigenvalue weighted by Crippen LogP contribution is 2.32. The number of carbonyl (C=O) groups is 1. The van der Waals surface area contributed by atoms with Crippen molar-refractivity contribution in [3.63, 3.8) is 0 Å². The summed E-state index contributed by atoms with van der Waals surface area (Å²) in [6.07, 6.45) is 1.52. The van der Waals surface area contributed by atoms with Crippen molar-refractivity contribution in [2.24, 2.45) is 0 Å². The molecule has 1 aromatic carbocycles. The maximum atomic E-state index is 13.0. The summed E-state index contributed by atoms with van der Waals surface area (Å²) in [6.45, 7) is 4.87. The normalized spacial score (nSPS) is 15.1. The lowest BCUT2D eigenvalue weighted by Crippen LogP contribution is -3.14. The molecule has 0 atom stereocenters. The van der Waals surface area contributed by atoms with Gasteiger partial charge in [-0.25, -0.2) is 4.98 Å². The van der Waals surface area contributed by atoms with Crippen LogP contribution in [0.2, 0.25) is 0 Å². The molecule has 8 heteroatoms. The molecule has 1 N–H and O–H groups in total. The lowest BCUT2D eigenvalue weighted by Gasteiger charge is -2.26. The van der Waals surface area contributed by atoms with Gasteiger partial charge in [0.2, 0.25) is 0 Å². The number of morpholine rings is 1. The lowest BCUT2D eigenvalue weighted by atomic mass is 10.3. The van der Waals surface area contributed by atoms with E-state index < -0.39 is 0 Å². The van der Waals surface area contributed by atoms with Gasteiger partial charge in [0.05, 0.1) is 49.9 Å². The number of thiazole rings is 1. The number of amides is 1. The molecular weight excluding hydrogens is 366 g/mol. The van der Waals surface area contributed by atoms with Gasteiger partial charge in [0, 0.05) is 0 Å². The number of carbonyl (C=O) groups excluding carboxylic acids is 1. The zero-order valence-electron chi connectivity index (χ0n) is 15.1. The first-order chi connectivity index (χ1) is 13.2. The van der Waals surface area contributed by atoms with E-state index >= 15 is 0 Å². The fourth-order valence-corrected chi connectivity index (χ4v) is 4.15. The molecule has 0 saturated carbocycles. The van der Waals surface area contributed by atoms with E-state index in [1.165, 1.54) is 22.5 Å². The summed E-state index contributed by atoms with van der Waals surface area (Å²) in [5.74, 6) is 0.932. The summed E-state index contributed by atoms with van der Waals surface area (Å²) in [7, 11) is 1.64. The number of hydrogen-bond acceptors (Lipinski definition) is 6. The molecule has 0 spiro atoms. The molecule has 142 valence electrons. The van der Waals surface area contributed by atoms with Crippen LogP contribution in [0.4, 0.5) is 5.13 Å². The Morgan fingerprint density at radius 2 is 2.19 bits per heavy atom. The van der Waals surface area contributed by atoms with Gasteiger partial charge in [-0.3, -0.25) is 9.69 Å². The molecule has 0 radical (unpaired) electrons. The maximum Gasteiger partial charge on any atom is 0.295 e. The number of nitrogens with one attached hydrogen (secondary N) is 1. The minimum atomic E-state index is -0.168. The third kappa shape index (κ3) is 3.97. The van der Waals surface area contributed by atoms with Gasteiger partial charge >= 0.3 is 0 Å². The zero-order valence-corrected chi connectivity index (χ0v) is 16.0. The second kappa shape index (κ2) is 8.08. The minimum Gasteiger partial charge on any atom is -0.497 e. The second-order valence-corrected chi connectivity index (χ2v) is 7.39. The molecule has 4 rings (SSSR count). The van der Waals surface area contributed by atoms with E-state index in [-0.39, 0.29) is 5.91 Å². The smallest absolute Gasteiger partial charge is 0.295 e. The van der Waals surface area contributed by atoms with Crippen molar-refractivity contribution >= 4 is 32.6 Å². The first kappa shape index (κ1) is 18.0. The Bertz CT molecular complexity index is 903. The van der Waals surface area contributed by atoms with Crippen molar-refractivity contribution in [3.8, 4) is 5.75 Å². The fraction of sp³-hybridized carbons (Fsp3) is 0.368. The van der Waals surface area contributed by atoms with Gasteiger partial charge in [0.25, 0.3) is 5.91 Å². The van der Waals surface area contributed by atoms with Crippen LogP contribution in [0.25, 0.3) is 10.2 Å². The monoisotopic (exact) mass is 388 g/mol. The molecule has 1 aliphatic heterocycles. The van der Waals surface area contributed by atoms with E-state index in [0.29, 0.717) is 17.4 Å². The molecule has 0 bridgehead atoms. The van der Waals surface area contributed by atoms with E-state index in [1.54, 1.807) is 24.1 Å². The molecule has 3 aromatic rings. The van der Waals surface area contributed by atoms with Gasteiger partial charge in [-0.05, 0) is 30.3 Å². The van der Waals surface area contributed by atoms with E-state index in [4.69, 9.17) is 13.9 Å². The molecule has 27 heavy (non-hydrogen) atoms. The van der Waals surface area contributed by atoms with Gasteiger partial charge in [0.15, 0.2) is 10.9 Å². The quantitative estimate of drug-likeness (QED) is 0.692. The zero-order chi connectivity index (χ0) is 18.6. The highest BCUT2D eigenvalue weighted by molar-refractivity contribution is 7.22. The van der Waals surface area contributed by atoms with Crippen LogP contribution >= 0.6 is 11.3 Å². The molecule has 7 nitrogen and oxygen atoms in total. The molecule has 3 heterocycles. The molecule has 0 aliphatic carbocycles. The van der Waals surface area contributed by atoms with E-state index in [0.717, 1.165) is 48.8 Å². The van der Waals surface area contributed by atoms with Crippen LogP contribution in [0.3, 0.4) is 0 Å². The fourth-order valence-electron chi connectivity index (χ4n) is 3.13. The number of nitrogens with zero attached hydrogens (tertiary/aromatic N) is 2. The summed E-state index contributed by atoms with van der Waals surface area (Å²) >= 11 is 1.49. The SMILES string of the molecule is COc1ccc2nc(N(CC[NH+]3CCOCC3)C(=O)c3ccco3)sc2c1. The third-order valence-corrected chi connectivity index (χ3v) is 5.72. The van der Waals surface area contributed by atoms with Crippen molar-refractivity contribution in [1.29, 1.82) is 0 Å². The molecular formula is C19H22N3O4S+. The number of ether oxygens (including phenoxy) is 2. The van der Waals surface area contributed by atoms with Gasteiger partial charge in [-0.15, -0.1) is 0 Å². The van der Waals surface area contributed by atoms with Crippen LogP contribution in [-0.2, 0) is 4.74 Å².